The highest BCUT2D eigenvalue weighted by atomic mass is 79.9. The number of methoxy groups -OCH3 is 1. The van der Waals surface area contributed by atoms with Gasteiger partial charge in [0.15, 0.2) is 11.5 Å². The molecule has 1 aromatic carbocycles. The zero-order chi connectivity index (χ0) is 14.5. The molecule has 3 nitrogen and oxygen atoms in total. The van der Waals surface area contributed by atoms with E-state index >= 15 is 0 Å². The van der Waals surface area contributed by atoms with Gasteiger partial charge in [-0.1, -0.05) is 20.3 Å². The quantitative estimate of drug-likeness (QED) is 0.770. The summed E-state index contributed by atoms with van der Waals surface area (Å²) in [5.41, 5.74) is 1.22. The van der Waals surface area contributed by atoms with Crippen molar-refractivity contribution >= 4 is 15.9 Å². The van der Waals surface area contributed by atoms with E-state index in [9.17, 15) is 0 Å². The third-order valence-corrected chi connectivity index (χ3v) is 4.26. The van der Waals surface area contributed by atoms with Crippen molar-refractivity contribution < 1.29 is 9.47 Å². The van der Waals surface area contributed by atoms with Crippen molar-refractivity contribution in [3.63, 3.8) is 0 Å². The lowest BCUT2D eigenvalue weighted by molar-refractivity contribution is 0.243. The Hall–Kier alpha value is -0.740. The third-order valence-electron chi connectivity index (χ3n) is 3.67. The molecular formula is C16H24BrNO2. The normalized spacial score (nSPS) is 16.0. The molecule has 0 saturated heterocycles. The summed E-state index contributed by atoms with van der Waals surface area (Å²) < 4.78 is 12.4. The van der Waals surface area contributed by atoms with E-state index in [-0.39, 0.29) is 0 Å². The second-order valence-corrected chi connectivity index (χ2v) is 6.44. The molecule has 1 aliphatic rings. The van der Waals surface area contributed by atoms with Crippen molar-refractivity contribution in [1.29, 1.82) is 0 Å². The van der Waals surface area contributed by atoms with Crippen LogP contribution in [0.2, 0.25) is 0 Å². The smallest absolute Gasteiger partial charge is 0.175 e. The molecule has 2 rings (SSSR count). The molecule has 0 aromatic heterocycles. The maximum Gasteiger partial charge on any atom is 0.175 e. The molecule has 0 bridgehead atoms. The van der Waals surface area contributed by atoms with E-state index in [1.54, 1.807) is 7.11 Å². The van der Waals surface area contributed by atoms with Crippen LogP contribution >= 0.6 is 15.9 Å². The average molecular weight is 342 g/mol. The van der Waals surface area contributed by atoms with Crippen LogP contribution in [0, 0.1) is 5.92 Å². The second-order valence-electron chi connectivity index (χ2n) is 5.59. The summed E-state index contributed by atoms with van der Waals surface area (Å²) in [4.78, 5) is 0. The zero-order valence-electron chi connectivity index (χ0n) is 12.5. The Balaban J connectivity index is 2.05. The van der Waals surface area contributed by atoms with Gasteiger partial charge in [-0.15, -0.1) is 0 Å². The highest BCUT2D eigenvalue weighted by molar-refractivity contribution is 9.10. The molecule has 1 aromatic rings. The summed E-state index contributed by atoms with van der Waals surface area (Å²) in [6, 6.07) is 4.89. The number of ether oxygens (including phenoxy) is 2. The Bertz CT molecular complexity index is 446. The van der Waals surface area contributed by atoms with Gasteiger partial charge in [-0.05, 0) is 52.4 Å². The molecule has 20 heavy (non-hydrogen) atoms. The number of halogens is 1. The Morgan fingerprint density at radius 1 is 1.40 bits per heavy atom. The van der Waals surface area contributed by atoms with Crippen LogP contribution in [0.3, 0.4) is 0 Å². The van der Waals surface area contributed by atoms with Gasteiger partial charge in [-0.25, -0.2) is 0 Å². The molecule has 1 fully saturated rings. The van der Waals surface area contributed by atoms with Gasteiger partial charge in [-0.3, -0.25) is 0 Å². The van der Waals surface area contributed by atoms with Gasteiger partial charge in [0.25, 0.3) is 0 Å². The first kappa shape index (κ1) is 15.6. The van der Waals surface area contributed by atoms with Crippen molar-refractivity contribution in [2.75, 3.05) is 13.7 Å². The van der Waals surface area contributed by atoms with Crippen molar-refractivity contribution in [3.8, 4) is 11.5 Å². The molecule has 4 heteroatoms. The average Bonchev–Trinajstić information content (AvgIpc) is 3.27. The molecule has 0 heterocycles. The predicted molar refractivity (Wildman–Crippen MR) is 85.5 cm³/mol. The van der Waals surface area contributed by atoms with Crippen molar-refractivity contribution in [2.24, 2.45) is 5.92 Å². The molecule has 1 saturated carbocycles. The van der Waals surface area contributed by atoms with Crippen LogP contribution in [0.4, 0.5) is 0 Å². The molecular weight excluding hydrogens is 318 g/mol. The van der Waals surface area contributed by atoms with E-state index in [1.807, 2.05) is 0 Å². The molecule has 0 spiro atoms. The number of hydrogen-bond donors (Lipinski definition) is 1. The van der Waals surface area contributed by atoms with Crippen LogP contribution in [0.25, 0.3) is 0 Å². The van der Waals surface area contributed by atoms with Crippen LogP contribution in [-0.2, 0) is 6.54 Å². The lowest BCUT2D eigenvalue weighted by Crippen LogP contribution is -2.15. The molecule has 1 unspecified atom stereocenters. The molecule has 1 aliphatic carbocycles. The van der Waals surface area contributed by atoms with Crippen LogP contribution in [-0.4, -0.2) is 19.8 Å². The summed E-state index contributed by atoms with van der Waals surface area (Å²) in [7, 11) is 1.69. The van der Waals surface area contributed by atoms with E-state index in [4.69, 9.17) is 9.47 Å². The Labute approximate surface area is 130 Å². The zero-order valence-corrected chi connectivity index (χ0v) is 14.1. The minimum atomic E-state index is 0.544. The summed E-state index contributed by atoms with van der Waals surface area (Å²) in [5, 5.41) is 3.51. The number of hydrogen-bond acceptors (Lipinski definition) is 3. The minimum absolute atomic E-state index is 0.544. The van der Waals surface area contributed by atoms with Crippen LogP contribution in [0.1, 0.15) is 38.7 Å². The van der Waals surface area contributed by atoms with E-state index in [1.165, 1.54) is 18.4 Å². The molecule has 112 valence electrons. The summed E-state index contributed by atoms with van der Waals surface area (Å²) in [5.74, 6) is 2.15. The largest absolute Gasteiger partial charge is 0.493 e. The summed E-state index contributed by atoms with van der Waals surface area (Å²) >= 11 is 3.60. The minimum Gasteiger partial charge on any atom is -0.493 e. The van der Waals surface area contributed by atoms with Crippen LogP contribution in [0.15, 0.2) is 16.6 Å². The topological polar surface area (TPSA) is 30.5 Å². The van der Waals surface area contributed by atoms with Crippen molar-refractivity contribution in [1.82, 2.24) is 5.32 Å². The Morgan fingerprint density at radius 2 is 2.15 bits per heavy atom. The predicted octanol–water partition coefficient (Wildman–Crippen LogP) is 4.13. The van der Waals surface area contributed by atoms with E-state index in [0.29, 0.717) is 18.6 Å². The van der Waals surface area contributed by atoms with Gasteiger partial charge in [0, 0.05) is 12.6 Å². The molecule has 1 atom stereocenters. The summed E-state index contributed by atoms with van der Waals surface area (Å²) in [6.07, 6.45) is 3.71. The number of benzene rings is 1. The lowest BCUT2D eigenvalue weighted by atomic mass is 10.1. The van der Waals surface area contributed by atoms with Gasteiger partial charge >= 0.3 is 0 Å². The third kappa shape index (κ3) is 4.38. The maximum atomic E-state index is 5.91. The first-order chi connectivity index (χ1) is 9.63. The molecule has 1 N–H and O–H groups in total. The fourth-order valence-corrected chi connectivity index (χ4v) is 2.51. The van der Waals surface area contributed by atoms with Crippen molar-refractivity contribution in [3.05, 3.63) is 22.2 Å². The second kappa shape index (κ2) is 7.32. The van der Waals surface area contributed by atoms with Gasteiger partial charge < -0.3 is 14.8 Å². The molecule has 0 amide bonds. The highest BCUT2D eigenvalue weighted by Gasteiger charge is 2.20. The highest BCUT2D eigenvalue weighted by Crippen LogP contribution is 2.37. The number of nitrogens with one attached hydrogen (secondary N) is 1. The Morgan fingerprint density at radius 3 is 2.75 bits per heavy atom. The first-order valence-corrected chi connectivity index (χ1v) is 8.16. The van der Waals surface area contributed by atoms with Gasteiger partial charge in [0.05, 0.1) is 18.2 Å². The standard InChI is InChI=1S/C16H24BrNO2/c1-4-11(2)10-20-16-14(17)7-12(8-15(16)19-3)9-18-13-5-6-13/h7-8,11,13,18H,4-6,9-10H2,1-3H3. The van der Waals surface area contributed by atoms with Crippen LogP contribution in [0.5, 0.6) is 11.5 Å². The maximum absolute atomic E-state index is 5.91. The fourth-order valence-electron chi connectivity index (χ4n) is 1.91. The lowest BCUT2D eigenvalue weighted by Gasteiger charge is -2.16. The monoisotopic (exact) mass is 341 g/mol. The van der Waals surface area contributed by atoms with E-state index < -0.39 is 0 Å². The molecule has 0 aliphatic heterocycles. The first-order valence-electron chi connectivity index (χ1n) is 7.36. The van der Waals surface area contributed by atoms with Gasteiger partial charge in [0.2, 0.25) is 0 Å². The SMILES string of the molecule is CCC(C)COc1c(Br)cc(CNC2CC2)cc1OC. The van der Waals surface area contributed by atoms with Crippen molar-refractivity contribution in [2.45, 2.75) is 45.7 Å². The van der Waals surface area contributed by atoms with Gasteiger partial charge in [0.1, 0.15) is 0 Å². The van der Waals surface area contributed by atoms with E-state index in [0.717, 1.165) is 28.9 Å². The summed E-state index contributed by atoms with van der Waals surface area (Å²) in [6.45, 7) is 5.96. The van der Waals surface area contributed by atoms with Crippen LogP contribution < -0.4 is 14.8 Å². The van der Waals surface area contributed by atoms with Gasteiger partial charge in [-0.2, -0.15) is 0 Å². The molecule has 0 radical (unpaired) electrons. The van der Waals surface area contributed by atoms with E-state index in [2.05, 4.69) is 47.2 Å². The fraction of sp³-hybridized carbons (Fsp3) is 0.625. The Kier molecular flexibility index (Phi) is 5.73. The number of rotatable bonds is 8.